The van der Waals surface area contributed by atoms with E-state index in [0.29, 0.717) is 6.54 Å². The summed E-state index contributed by atoms with van der Waals surface area (Å²) in [6.07, 6.45) is 0. The van der Waals surface area contributed by atoms with E-state index in [1.165, 1.54) is 18.7 Å². The molecule has 100 valence electrons. The first-order chi connectivity index (χ1) is 9.20. The molecular formula is C16H18FNO. The Hall–Kier alpha value is -1.87. The molecule has 19 heavy (non-hydrogen) atoms. The smallest absolute Gasteiger partial charge is 0.165 e. The molecule has 1 unspecified atom stereocenters. The predicted octanol–water partition coefficient (Wildman–Crippen LogP) is 3.69. The van der Waals surface area contributed by atoms with E-state index in [0.717, 1.165) is 5.56 Å². The Balaban J connectivity index is 1.97. The third kappa shape index (κ3) is 3.55. The fraction of sp³-hybridized carbons (Fsp3) is 0.250. The van der Waals surface area contributed by atoms with Crippen LogP contribution in [0.2, 0.25) is 0 Å². The Morgan fingerprint density at radius 2 is 1.89 bits per heavy atom. The van der Waals surface area contributed by atoms with Crippen molar-refractivity contribution in [3.05, 3.63) is 65.5 Å². The van der Waals surface area contributed by atoms with E-state index in [4.69, 9.17) is 4.74 Å². The molecule has 0 aliphatic rings. The van der Waals surface area contributed by atoms with Gasteiger partial charge in [0.25, 0.3) is 0 Å². The highest BCUT2D eigenvalue weighted by atomic mass is 19.1. The van der Waals surface area contributed by atoms with Gasteiger partial charge in [0, 0.05) is 12.6 Å². The molecule has 0 saturated carbocycles. The van der Waals surface area contributed by atoms with Gasteiger partial charge >= 0.3 is 0 Å². The summed E-state index contributed by atoms with van der Waals surface area (Å²) in [5.41, 5.74) is 2.12. The minimum Gasteiger partial charge on any atom is -0.494 e. The predicted molar refractivity (Wildman–Crippen MR) is 74.6 cm³/mol. The van der Waals surface area contributed by atoms with Crippen LogP contribution in [0.25, 0.3) is 0 Å². The molecule has 0 aromatic heterocycles. The molecule has 0 bridgehead atoms. The summed E-state index contributed by atoms with van der Waals surface area (Å²) < 4.78 is 18.4. The largest absolute Gasteiger partial charge is 0.494 e. The van der Waals surface area contributed by atoms with Crippen molar-refractivity contribution < 1.29 is 9.13 Å². The average molecular weight is 259 g/mol. The number of nitrogens with one attached hydrogen (secondary N) is 1. The average Bonchev–Trinajstić information content (AvgIpc) is 2.46. The monoisotopic (exact) mass is 259 g/mol. The van der Waals surface area contributed by atoms with E-state index in [1.807, 2.05) is 24.3 Å². The molecule has 0 aliphatic heterocycles. The van der Waals surface area contributed by atoms with E-state index < -0.39 is 0 Å². The van der Waals surface area contributed by atoms with Crippen molar-refractivity contribution in [3.63, 3.8) is 0 Å². The van der Waals surface area contributed by atoms with Crippen LogP contribution in [-0.4, -0.2) is 7.11 Å². The first kappa shape index (κ1) is 13.6. The summed E-state index contributed by atoms with van der Waals surface area (Å²) >= 11 is 0. The summed E-state index contributed by atoms with van der Waals surface area (Å²) in [6, 6.07) is 15.4. The first-order valence-electron chi connectivity index (χ1n) is 6.31. The number of ether oxygens (including phenoxy) is 1. The van der Waals surface area contributed by atoms with Crippen molar-refractivity contribution in [2.45, 2.75) is 19.5 Å². The van der Waals surface area contributed by atoms with Gasteiger partial charge in [0.1, 0.15) is 0 Å². The molecule has 0 aliphatic carbocycles. The maximum atomic E-state index is 13.5. The van der Waals surface area contributed by atoms with Crippen LogP contribution in [0.15, 0.2) is 48.5 Å². The molecule has 2 rings (SSSR count). The van der Waals surface area contributed by atoms with Crippen LogP contribution in [0.3, 0.4) is 0 Å². The highest BCUT2D eigenvalue weighted by molar-refractivity contribution is 5.29. The van der Waals surface area contributed by atoms with Gasteiger partial charge in [-0.25, -0.2) is 4.39 Å². The second-order valence-electron chi connectivity index (χ2n) is 4.48. The zero-order chi connectivity index (χ0) is 13.7. The van der Waals surface area contributed by atoms with Crippen LogP contribution in [0, 0.1) is 5.82 Å². The van der Waals surface area contributed by atoms with E-state index >= 15 is 0 Å². The maximum absolute atomic E-state index is 13.5. The molecule has 0 spiro atoms. The number of benzene rings is 2. The lowest BCUT2D eigenvalue weighted by Gasteiger charge is -2.14. The second-order valence-corrected chi connectivity index (χ2v) is 4.48. The lowest BCUT2D eigenvalue weighted by atomic mass is 10.1. The van der Waals surface area contributed by atoms with Gasteiger partial charge in [0.15, 0.2) is 11.6 Å². The fourth-order valence-electron chi connectivity index (χ4n) is 1.95. The van der Waals surface area contributed by atoms with Crippen molar-refractivity contribution in [1.29, 1.82) is 0 Å². The number of methoxy groups -OCH3 is 1. The van der Waals surface area contributed by atoms with Gasteiger partial charge in [-0.05, 0) is 30.2 Å². The Morgan fingerprint density at radius 3 is 2.53 bits per heavy atom. The van der Waals surface area contributed by atoms with Gasteiger partial charge in [-0.15, -0.1) is 0 Å². The minimum absolute atomic E-state index is 0.228. The molecule has 0 saturated heterocycles. The summed E-state index contributed by atoms with van der Waals surface area (Å²) in [6.45, 7) is 2.71. The zero-order valence-electron chi connectivity index (χ0n) is 11.2. The van der Waals surface area contributed by atoms with Crippen LogP contribution >= 0.6 is 0 Å². The second kappa shape index (κ2) is 6.34. The molecule has 0 amide bonds. The zero-order valence-corrected chi connectivity index (χ0v) is 11.2. The lowest BCUT2D eigenvalue weighted by Crippen LogP contribution is -2.18. The van der Waals surface area contributed by atoms with Crippen molar-refractivity contribution in [2.75, 3.05) is 7.11 Å². The van der Waals surface area contributed by atoms with Crippen molar-refractivity contribution in [1.82, 2.24) is 5.32 Å². The Morgan fingerprint density at radius 1 is 1.16 bits per heavy atom. The molecule has 0 heterocycles. The molecular weight excluding hydrogens is 241 g/mol. The molecule has 0 fully saturated rings. The first-order valence-corrected chi connectivity index (χ1v) is 6.31. The molecule has 3 heteroatoms. The molecule has 0 radical (unpaired) electrons. The van der Waals surface area contributed by atoms with E-state index in [-0.39, 0.29) is 17.6 Å². The Labute approximate surface area is 113 Å². The lowest BCUT2D eigenvalue weighted by molar-refractivity contribution is 0.386. The summed E-state index contributed by atoms with van der Waals surface area (Å²) in [7, 11) is 1.47. The Bertz CT molecular complexity index is 528. The number of halogens is 1. The summed E-state index contributed by atoms with van der Waals surface area (Å²) in [5, 5.41) is 3.37. The van der Waals surface area contributed by atoms with Crippen LogP contribution in [0.5, 0.6) is 5.75 Å². The van der Waals surface area contributed by atoms with Crippen LogP contribution in [0.4, 0.5) is 4.39 Å². The highest BCUT2D eigenvalue weighted by Gasteiger charge is 2.06. The van der Waals surface area contributed by atoms with Gasteiger partial charge in [0.2, 0.25) is 0 Å². The van der Waals surface area contributed by atoms with Crippen LogP contribution in [0.1, 0.15) is 24.1 Å². The number of hydrogen-bond donors (Lipinski definition) is 1. The summed E-state index contributed by atoms with van der Waals surface area (Å²) in [5.74, 6) is -0.0472. The third-order valence-electron chi connectivity index (χ3n) is 3.13. The normalized spacial score (nSPS) is 12.2. The fourth-order valence-corrected chi connectivity index (χ4v) is 1.95. The van der Waals surface area contributed by atoms with Gasteiger partial charge < -0.3 is 10.1 Å². The highest BCUT2D eigenvalue weighted by Crippen LogP contribution is 2.18. The van der Waals surface area contributed by atoms with Gasteiger partial charge in [0.05, 0.1) is 7.11 Å². The van der Waals surface area contributed by atoms with E-state index in [2.05, 4.69) is 24.4 Å². The van der Waals surface area contributed by atoms with E-state index in [9.17, 15) is 4.39 Å². The maximum Gasteiger partial charge on any atom is 0.165 e. The molecule has 2 nitrogen and oxygen atoms in total. The molecule has 1 N–H and O–H groups in total. The van der Waals surface area contributed by atoms with Gasteiger partial charge in [-0.1, -0.05) is 36.4 Å². The number of rotatable bonds is 5. The molecule has 1 atom stereocenters. The van der Waals surface area contributed by atoms with Crippen LogP contribution < -0.4 is 10.1 Å². The van der Waals surface area contributed by atoms with Crippen molar-refractivity contribution >= 4 is 0 Å². The minimum atomic E-state index is -0.325. The standard InChI is InChI=1S/C16H18FNO/c1-12(14-6-4-3-5-7-14)18-11-13-8-9-16(19-2)15(17)10-13/h3-10,12,18H,11H2,1-2H3. The quantitative estimate of drug-likeness (QED) is 0.884. The topological polar surface area (TPSA) is 21.3 Å². The van der Waals surface area contributed by atoms with E-state index in [1.54, 1.807) is 6.07 Å². The van der Waals surface area contributed by atoms with Crippen LogP contribution in [-0.2, 0) is 6.54 Å². The Kier molecular flexibility index (Phi) is 4.53. The molecule has 2 aromatic rings. The van der Waals surface area contributed by atoms with Crippen molar-refractivity contribution in [3.8, 4) is 5.75 Å². The third-order valence-corrected chi connectivity index (χ3v) is 3.13. The SMILES string of the molecule is COc1ccc(CNC(C)c2ccccc2)cc1F. The van der Waals surface area contributed by atoms with Crippen molar-refractivity contribution in [2.24, 2.45) is 0 Å². The molecule has 2 aromatic carbocycles. The number of hydrogen-bond acceptors (Lipinski definition) is 2. The van der Waals surface area contributed by atoms with Gasteiger partial charge in [-0.2, -0.15) is 0 Å². The van der Waals surface area contributed by atoms with Gasteiger partial charge in [-0.3, -0.25) is 0 Å². The summed E-state index contributed by atoms with van der Waals surface area (Å²) in [4.78, 5) is 0.